The molecule has 5 heteroatoms. The van der Waals surface area contributed by atoms with Crippen LogP contribution in [-0.2, 0) is 4.79 Å². The Kier molecular flexibility index (Phi) is 7.58. The van der Waals surface area contributed by atoms with Gasteiger partial charge in [0.2, 0.25) is 0 Å². The zero-order chi connectivity index (χ0) is 18.8. The Bertz CT molecular complexity index is 842. The third kappa shape index (κ3) is 6.18. The molecule has 4 nitrogen and oxygen atoms in total. The third-order valence-electron chi connectivity index (χ3n) is 3.34. The molecule has 132 valence electrons. The third-order valence-corrected chi connectivity index (χ3v) is 3.83. The number of amides is 2. The van der Waals surface area contributed by atoms with Crippen molar-refractivity contribution in [3.63, 3.8) is 0 Å². The Morgan fingerprint density at radius 2 is 1.85 bits per heavy atom. The minimum Gasteiger partial charge on any atom is -0.347 e. The van der Waals surface area contributed by atoms with Crippen LogP contribution in [0.5, 0.6) is 0 Å². The quantitative estimate of drug-likeness (QED) is 0.410. The average Bonchev–Trinajstić information content (AvgIpc) is 2.66. The fraction of sp³-hybridized carbons (Fsp3) is 0.0476. The van der Waals surface area contributed by atoms with E-state index in [-0.39, 0.29) is 17.5 Å². The predicted molar refractivity (Wildman–Crippen MR) is 108 cm³/mol. The Morgan fingerprint density at radius 1 is 1.08 bits per heavy atom. The molecule has 2 N–H and O–H groups in total. The van der Waals surface area contributed by atoms with Crippen LogP contribution in [0.2, 0.25) is 0 Å². The minimum absolute atomic E-state index is 0.156. The Morgan fingerprint density at radius 3 is 2.54 bits per heavy atom. The lowest BCUT2D eigenvalue weighted by molar-refractivity contribution is -0.117. The minimum atomic E-state index is -0.383. The van der Waals surface area contributed by atoms with Crippen LogP contribution in [0, 0.1) is 0 Å². The van der Waals surface area contributed by atoms with Gasteiger partial charge in [-0.05, 0) is 29.8 Å². The smallest absolute Gasteiger partial charge is 0.268 e. The molecule has 0 aromatic heterocycles. The fourth-order valence-corrected chi connectivity index (χ4v) is 2.48. The van der Waals surface area contributed by atoms with Gasteiger partial charge in [0.25, 0.3) is 11.8 Å². The van der Waals surface area contributed by atoms with Gasteiger partial charge >= 0.3 is 0 Å². The highest BCUT2D eigenvalue weighted by atomic mass is 79.9. The first-order valence-electron chi connectivity index (χ1n) is 7.99. The zero-order valence-corrected chi connectivity index (χ0v) is 15.7. The van der Waals surface area contributed by atoms with Gasteiger partial charge in [-0.15, -0.1) is 6.58 Å². The molecule has 26 heavy (non-hydrogen) atoms. The van der Waals surface area contributed by atoms with Crippen molar-refractivity contribution in [2.24, 2.45) is 0 Å². The van der Waals surface area contributed by atoms with Gasteiger partial charge in [-0.2, -0.15) is 0 Å². The Balaban J connectivity index is 2.18. The van der Waals surface area contributed by atoms with Crippen LogP contribution in [0.25, 0.3) is 6.08 Å². The van der Waals surface area contributed by atoms with Crippen molar-refractivity contribution in [1.29, 1.82) is 0 Å². The second-order valence-electron chi connectivity index (χ2n) is 5.31. The molecule has 0 aliphatic heterocycles. The van der Waals surface area contributed by atoms with E-state index >= 15 is 0 Å². The molecule has 0 radical (unpaired) electrons. The molecule has 2 amide bonds. The number of halogens is 1. The zero-order valence-electron chi connectivity index (χ0n) is 14.1. The number of nitrogens with one attached hydrogen (secondary N) is 2. The van der Waals surface area contributed by atoms with E-state index in [4.69, 9.17) is 0 Å². The maximum atomic E-state index is 12.4. The van der Waals surface area contributed by atoms with E-state index in [1.54, 1.807) is 36.4 Å². The van der Waals surface area contributed by atoms with Crippen LogP contribution in [-0.4, -0.2) is 18.4 Å². The van der Waals surface area contributed by atoms with Crippen molar-refractivity contribution >= 4 is 33.8 Å². The van der Waals surface area contributed by atoms with Gasteiger partial charge in [0.05, 0.1) is 0 Å². The largest absolute Gasteiger partial charge is 0.347 e. The van der Waals surface area contributed by atoms with Gasteiger partial charge in [-0.25, -0.2) is 0 Å². The van der Waals surface area contributed by atoms with Gasteiger partial charge in [-0.3, -0.25) is 9.59 Å². The number of hydrogen-bond donors (Lipinski definition) is 2. The first-order chi connectivity index (χ1) is 12.6. The molecule has 0 aliphatic rings. The molecule has 2 aromatic rings. The van der Waals surface area contributed by atoms with Crippen LogP contribution >= 0.6 is 15.9 Å². The van der Waals surface area contributed by atoms with Gasteiger partial charge in [0.15, 0.2) is 0 Å². The topological polar surface area (TPSA) is 58.2 Å². The summed E-state index contributed by atoms with van der Waals surface area (Å²) < 4.78 is 0.788. The first kappa shape index (κ1) is 19.4. The van der Waals surface area contributed by atoms with Crippen molar-refractivity contribution in [2.45, 2.75) is 0 Å². The van der Waals surface area contributed by atoms with Gasteiger partial charge in [-0.1, -0.05) is 70.6 Å². The molecule has 0 saturated carbocycles. The number of benzene rings is 2. The number of allylic oxidation sites excluding steroid dienone is 2. The average molecular weight is 411 g/mol. The summed E-state index contributed by atoms with van der Waals surface area (Å²) in [5.41, 5.74) is 1.60. The summed E-state index contributed by atoms with van der Waals surface area (Å²) in [5, 5.41) is 5.33. The van der Waals surface area contributed by atoms with Gasteiger partial charge < -0.3 is 10.6 Å². The summed E-state index contributed by atoms with van der Waals surface area (Å²) in [6.07, 6.45) is 6.72. The summed E-state index contributed by atoms with van der Waals surface area (Å²) in [6.45, 7) is 3.88. The van der Waals surface area contributed by atoms with Crippen LogP contribution in [0.15, 0.2) is 89.6 Å². The predicted octanol–water partition coefficient (Wildman–Crippen LogP) is 4.08. The molecule has 0 atom stereocenters. The van der Waals surface area contributed by atoms with E-state index in [1.807, 2.05) is 42.5 Å². The summed E-state index contributed by atoms with van der Waals surface area (Å²) >= 11 is 3.33. The molecule has 0 saturated heterocycles. The normalized spacial score (nSPS) is 11.2. The van der Waals surface area contributed by atoms with E-state index in [1.165, 1.54) is 0 Å². The van der Waals surface area contributed by atoms with E-state index in [2.05, 4.69) is 33.1 Å². The number of carbonyl (C=O) groups excluding carboxylic acids is 2. The highest BCUT2D eigenvalue weighted by Crippen LogP contribution is 2.12. The Hall–Kier alpha value is -2.92. The molecule has 2 aromatic carbocycles. The standard InChI is InChI=1S/C21H19BrN2O2/c1-2-14-23-21(26)19(13-6-10-16-8-4-3-5-9-16)24-20(25)17-11-7-12-18(22)15-17/h2-13,15H,1,14H2,(H,23,26)(H,24,25)/b10-6+,19-13+. The molecule has 0 fully saturated rings. The Labute approximate surface area is 161 Å². The van der Waals surface area contributed by atoms with Crippen LogP contribution in [0.4, 0.5) is 0 Å². The van der Waals surface area contributed by atoms with Crippen LogP contribution < -0.4 is 10.6 Å². The van der Waals surface area contributed by atoms with E-state index < -0.39 is 0 Å². The maximum Gasteiger partial charge on any atom is 0.268 e. The van der Waals surface area contributed by atoms with Gasteiger partial charge in [0.1, 0.15) is 5.70 Å². The highest BCUT2D eigenvalue weighted by molar-refractivity contribution is 9.10. The molecule has 0 unspecified atom stereocenters. The molecular formula is C21H19BrN2O2. The molecule has 0 spiro atoms. The lowest BCUT2D eigenvalue weighted by atomic mass is 10.2. The second kappa shape index (κ2) is 10.2. The molecule has 2 rings (SSSR count). The number of rotatable bonds is 7. The lowest BCUT2D eigenvalue weighted by Gasteiger charge is -2.09. The summed E-state index contributed by atoms with van der Waals surface area (Å²) in [7, 11) is 0. The molecular weight excluding hydrogens is 392 g/mol. The highest BCUT2D eigenvalue weighted by Gasteiger charge is 2.13. The van der Waals surface area contributed by atoms with E-state index in [0.29, 0.717) is 12.1 Å². The fourth-order valence-electron chi connectivity index (χ4n) is 2.08. The van der Waals surface area contributed by atoms with Crippen molar-refractivity contribution in [3.8, 4) is 0 Å². The van der Waals surface area contributed by atoms with Crippen LogP contribution in [0.3, 0.4) is 0 Å². The van der Waals surface area contributed by atoms with Crippen molar-refractivity contribution in [2.75, 3.05) is 6.54 Å². The SMILES string of the molecule is C=CCNC(=O)/C(=C\C=C\c1ccccc1)NC(=O)c1cccc(Br)c1. The van der Waals surface area contributed by atoms with E-state index in [0.717, 1.165) is 10.0 Å². The first-order valence-corrected chi connectivity index (χ1v) is 8.79. The lowest BCUT2D eigenvalue weighted by Crippen LogP contribution is -2.35. The molecule has 0 heterocycles. The van der Waals surface area contributed by atoms with Crippen molar-refractivity contribution in [3.05, 3.63) is 101 Å². The number of hydrogen-bond acceptors (Lipinski definition) is 2. The molecule has 0 aliphatic carbocycles. The van der Waals surface area contributed by atoms with Gasteiger partial charge in [0, 0.05) is 16.6 Å². The summed E-state index contributed by atoms with van der Waals surface area (Å²) in [6, 6.07) is 16.6. The summed E-state index contributed by atoms with van der Waals surface area (Å²) in [5.74, 6) is -0.745. The van der Waals surface area contributed by atoms with Crippen molar-refractivity contribution in [1.82, 2.24) is 10.6 Å². The maximum absolute atomic E-state index is 12.4. The summed E-state index contributed by atoms with van der Waals surface area (Å²) in [4.78, 5) is 24.7. The van der Waals surface area contributed by atoms with Crippen LogP contribution in [0.1, 0.15) is 15.9 Å². The number of carbonyl (C=O) groups is 2. The second-order valence-corrected chi connectivity index (χ2v) is 6.23. The van der Waals surface area contributed by atoms with E-state index in [9.17, 15) is 9.59 Å². The monoisotopic (exact) mass is 410 g/mol. The molecule has 0 bridgehead atoms. The van der Waals surface area contributed by atoms with Crippen molar-refractivity contribution < 1.29 is 9.59 Å².